The molecule has 0 aromatic heterocycles. The van der Waals surface area contributed by atoms with Crippen LogP contribution >= 0.6 is 11.6 Å². The van der Waals surface area contributed by atoms with Crippen LogP contribution in [0.1, 0.15) is 26.3 Å². The predicted molar refractivity (Wildman–Crippen MR) is 75.5 cm³/mol. The molecule has 0 amide bonds. The highest BCUT2D eigenvalue weighted by molar-refractivity contribution is 6.31. The maximum absolute atomic E-state index is 11.9. The zero-order valence-electron chi connectivity index (χ0n) is 12.2. The zero-order valence-corrected chi connectivity index (χ0v) is 12.9. The van der Waals surface area contributed by atoms with Gasteiger partial charge in [-0.1, -0.05) is 17.7 Å². The fourth-order valence-corrected chi connectivity index (χ4v) is 1.74. The zero-order chi connectivity index (χ0) is 16.1. The van der Waals surface area contributed by atoms with Gasteiger partial charge in [0.15, 0.2) is 0 Å². The molecule has 0 aliphatic carbocycles. The van der Waals surface area contributed by atoms with E-state index in [9.17, 15) is 13.2 Å². The van der Waals surface area contributed by atoms with Crippen molar-refractivity contribution in [3.8, 4) is 5.75 Å². The minimum atomic E-state index is -4.64. The summed E-state index contributed by atoms with van der Waals surface area (Å²) in [5.74, 6) is 0.449. The first kappa shape index (κ1) is 18.1. The van der Waals surface area contributed by atoms with E-state index in [1.807, 2.05) is 20.8 Å². The summed E-state index contributed by atoms with van der Waals surface area (Å²) in [6.45, 7) is 5.69. The average molecular weight is 326 g/mol. The van der Waals surface area contributed by atoms with Crippen molar-refractivity contribution in [3.05, 3.63) is 28.8 Å². The second kappa shape index (κ2) is 7.33. The number of ether oxygens (including phenoxy) is 2. The first-order valence-electron chi connectivity index (χ1n) is 6.44. The molecule has 0 saturated heterocycles. The van der Waals surface area contributed by atoms with Gasteiger partial charge in [-0.3, -0.25) is 4.74 Å². The SMILES string of the molecule is CC(C)(C)NCc1c(Cl)cccc1OCCOC(F)(F)F. The lowest BCUT2D eigenvalue weighted by atomic mass is 10.1. The summed E-state index contributed by atoms with van der Waals surface area (Å²) in [7, 11) is 0. The minimum absolute atomic E-state index is 0.115. The lowest BCUT2D eigenvalue weighted by Crippen LogP contribution is -2.35. The third kappa shape index (κ3) is 7.55. The summed E-state index contributed by atoms with van der Waals surface area (Å²) in [6, 6.07) is 5.06. The molecule has 0 radical (unpaired) electrons. The van der Waals surface area contributed by atoms with Gasteiger partial charge in [0.05, 0.1) is 6.61 Å². The van der Waals surface area contributed by atoms with E-state index in [-0.39, 0.29) is 12.1 Å². The van der Waals surface area contributed by atoms with Crippen LogP contribution in [0.25, 0.3) is 0 Å². The van der Waals surface area contributed by atoms with Crippen molar-refractivity contribution in [1.29, 1.82) is 0 Å². The number of hydrogen-bond donors (Lipinski definition) is 1. The monoisotopic (exact) mass is 325 g/mol. The molecule has 0 aliphatic rings. The molecule has 1 N–H and O–H groups in total. The second-order valence-electron chi connectivity index (χ2n) is 5.46. The Morgan fingerprint density at radius 1 is 1.14 bits per heavy atom. The third-order valence-corrected chi connectivity index (χ3v) is 2.83. The highest BCUT2D eigenvalue weighted by Crippen LogP contribution is 2.27. The molecule has 120 valence electrons. The fourth-order valence-electron chi connectivity index (χ4n) is 1.51. The normalized spacial score (nSPS) is 12.5. The fraction of sp³-hybridized carbons (Fsp3) is 0.571. The van der Waals surface area contributed by atoms with Crippen LogP contribution in [-0.2, 0) is 11.3 Å². The Hall–Kier alpha value is -0.980. The topological polar surface area (TPSA) is 30.5 Å². The number of halogens is 4. The molecule has 1 rings (SSSR count). The van der Waals surface area contributed by atoms with Crippen molar-refractivity contribution in [2.45, 2.75) is 39.2 Å². The summed E-state index contributed by atoms with van der Waals surface area (Å²) in [5, 5.41) is 3.76. The predicted octanol–water partition coefficient (Wildman–Crippen LogP) is 4.14. The van der Waals surface area contributed by atoms with Gasteiger partial charge in [-0.05, 0) is 32.9 Å². The van der Waals surface area contributed by atoms with E-state index in [0.29, 0.717) is 22.9 Å². The van der Waals surface area contributed by atoms with Crippen molar-refractivity contribution in [2.24, 2.45) is 0 Å². The molecule has 0 fully saturated rings. The van der Waals surface area contributed by atoms with Gasteiger partial charge in [-0.15, -0.1) is 13.2 Å². The van der Waals surface area contributed by atoms with Gasteiger partial charge in [0, 0.05) is 22.7 Å². The maximum atomic E-state index is 11.9. The van der Waals surface area contributed by atoms with E-state index >= 15 is 0 Å². The molecule has 0 heterocycles. The van der Waals surface area contributed by atoms with Crippen LogP contribution < -0.4 is 10.1 Å². The van der Waals surface area contributed by atoms with Crippen LogP contribution in [0.15, 0.2) is 18.2 Å². The number of alkyl halides is 3. The Balaban J connectivity index is 2.63. The van der Waals surface area contributed by atoms with Crippen LogP contribution in [0.4, 0.5) is 13.2 Å². The molecule has 21 heavy (non-hydrogen) atoms. The number of rotatable bonds is 6. The van der Waals surface area contributed by atoms with Gasteiger partial charge in [0.2, 0.25) is 0 Å². The first-order chi connectivity index (χ1) is 9.58. The summed E-state index contributed by atoms with van der Waals surface area (Å²) >= 11 is 6.11. The Morgan fingerprint density at radius 3 is 2.38 bits per heavy atom. The van der Waals surface area contributed by atoms with Crippen LogP contribution in [0.2, 0.25) is 5.02 Å². The van der Waals surface area contributed by atoms with E-state index in [1.165, 1.54) is 0 Å². The molecule has 0 saturated carbocycles. The molecule has 0 atom stereocenters. The Bertz CT molecular complexity index is 459. The van der Waals surface area contributed by atoms with Crippen molar-refractivity contribution >= 4 is 11.6 Å². The van der Waals surface area contributed by atoms with Gasteiger partial charge < -0.3 is 10.1 Å². The lowest BCUT2D eigenvalue weighted by molar-refractivity contribution is -0.325. The van der Waals surface area contributed by atoms with E-state index in [1.54, 1.807) is 18.2 Å². The van der Waals surface area contributed by atoms with Crippen molar-refractivity contribution in [1.82, 2.24) is 5.32 Å². The molecular weight excluding hydrogens is 307 g/mol. The molecule has 0 aliphatic heterocycles. The van der Waals surface area contributed by atoms with Crippen LogP contribution in [0.5, 0.6) is 5.75 Å². The highest BCUT2D eigenvalue weighted by atomic mass is 35.5. The number of hydrogen-bond acceptors (Lipinski definition) is 3. The van der Waals surface area contributed by atoms with Crippen LogP contribution in [0.3, 0.4) is 0 Å². The summed E-state index contributed by atoms with van der Waals surface area (Å²) in [6.07, 6.45) is -4.64. The van der Waals surface area contributed by atoms with Crippen LogP contribution in [-0.4, -0.2) is 25.1 Å². The van der Waals surface area contributed by atoms with Gasteiger partial charge in [0.1, 0.15) is 12.4 Å². The molecule has 1 aromatic rings. The highest BCUT2D eigenvalue weighted by Gasteiger charge is 2.28. The average Bonchev–Trinajstić information content (AvgIpc) is 2.31. The third-order valence-electron chi connectivity index (χ3n) is 2.48. The number of benzene rings is 1. The summed E-state index contributed by atoms with van der Waals surface area (Å²) in [5.41, 5.74) is 0.594. The summed E-state index contributed by atoms with van der Waals surface area (Å²) < 4.78 is 44.6. The molecule has 7 heteroatoms. The molecule has 3 nitrogen and oxygen atoms in total. The Kier molecular flexibility index (Phi) is 6.31. The molecule has 0 bridgehead atoms. The largest absolute Gasteiger partial charge is 0.522 e. The summed E-state index contributed by atoms with van der Waals surface area (Å²) in [4.78, 5) is 0. The smallest absolute Gasteiger partial charge is 0.491 e. The minimum Gasteiger partial charge on any atom is -0.491 e. The van der Waals surface area contributed by atoms with E-state index in [0.717, 1.165) is 0 Å². The number of nitrogens with one attached hydrogen (secondary N) is 1. The standard InChI is InChI=1S/C14H19ClF3NO2/c1-13(2,3)19-9-10-11(15)5-4-6-12(10)20-7-8-21-14(16,17)18/h4-6,19H,7-9H2,1-3H3. The van der Waals surface area contributed by atoms with Gasteiger partial charge in [0.25, 0.3) is 0 Å². The maximum Gasteiger partial charge on any atom is 0.522 e. The molecule has 1 aromatic carbocycles. The first-order valence-corrected chi connectivity index (χ1v) is 6.82. The van der Waals surface area contributed by atoms with Crippen molar-refractivity contribution in [2.75, 3.05) is 13.2 Å². The van der Waals surface area contributed by atoms with E-state index < -0.39 is 13.0 Å². The lowest BCUT2D eigenvalue weighted by Gasteiger charge is -2.22. The molecule has 0 spiro atoms. The van der Waals surface area contributed by atoms with Crippen molar-refractivity contribution < 1.29 is 22.6 Å². The molecule has 0 unspecified atom stereocenters. The van der Waals surface area contributed by atoms with E-state index in [2.05, 4.69) is 10.1 Å². The van der Waals surface area contributed by atoms with E-state index in [4.69, 9.17) is 16.3 Å². The Labute approximate surface area is 127 Å². The van der Waals surface area contributed by atoms with Gasteiger partial charge in [-0.25, -0.2) is 0 Å². The van der Waals surface area contributed by atoms with Gasteiger partial charge in [-0.2, -0.15) is 0 Å². The van der Waals surface area contributed by atoms with Gasteiger partial charge >= 0.3 is 6.36 Å². The quantitative estimate of drug-likeness (QED) is 0.797. The Morgan fingerprint density at radius 2 is 1.81 bits per heavy atom. The molecular formula is C14H19ClF3NO2. The van der Waals surface area contributed by atoms with Crippen LogP contribution in [0, 0.1) is 0 Å². The second-order valence-corrected chi connectivity index (χ2v) is 5.87. The van der Waals surface area contributed by atoms with Crippen molar-refractivity contribution in [3.63, 3.8) is 0 Å².